The average molecular weight is 476 g/mol. The maximum atomic E-state index is 12.1. The molecule has 1 aliphatic rings. The Morgan fingerprint density at radius 3 is 2.52 bits per heavy atom. The molecule has 0 radical (unpaired) electrons. The molecule has 0 aliphatic heterocycles. The Morgan fingerprint density at radius 2 is 1.88 bits per heavy atom. The van der Waals surface area contributed by atoms with Gasteiger partial charge in [-0.15, -0.1) is 0 Å². The van der Waals surface area contributed by atoms with Crippen LogP contribution in [0.25, 0.3) is 0 Å². The van der Waals surface area contributed by atoms with Gasteiger partial charge in [-0.1, -0.05) is 35.2 Å². The Kier molecular flexibility index (Phi) is 7.90. The summed E-state index contributed by atoms with van der Waals surface area (Å²) in [5.74, 6) is -1.26. The van der Waals surface area contributed by atoms with Crippen molar-refractivity contribution in [2.75, 3.05) is 12.4 Å². The highest BCUT2D eigenvalue weighted by atomic mass is 79.9. The molecule has 0 atom stereocenters. The maximum Gasteiger partial charge on any atom is 0.303 e. The van der Waals surface area contributed by atoms with E-state index < -0.39 is 5.97 Å². The maximum absolute atomic E-state index is 12.1. The monoisotopic (exact) mass is 474 g/mol. The molecule has 7 heteroatoms. The molecule has 1 fully saturated rings. The first-order valence-electron chi connectivity index (χ1n) is 8.56. The lowest BCUT2D eigenvalue weighted by molar-refractivity contribution is -0.138. The van der Waals surface area contributed by atoms with Gasteiger partial charge in [0.25, 0.3) is 0 Å². The van der Waals surface area contributed by atoms with Crippen molar-refractivity contribution in [2.45, 2.75) is 57.5 Å². The van der Waals surface area contributed by atoms with Crippen LogP contribution in [0.5, 0.6) is 0 Å². The number of nitrogens with one attached hydrogen (secondary N) is 1. The van der Waals surface area contributed by atoms with Gasteiger partial charge in [-0.25, -0.2) is 0 Å². The van der Waals surface area contributed by atoms with E-state index in [0.29, 0.717) is 6.04 Å². The summed E-state index contributed by atoms with van der Waals surface area (Å²) in [6.45, 7) is 0.733. The zero-order valence-corrected chi connectivity index (χ0v) is 17.5. The van der Waals surface area contributed by atoms with Gasteiger partial charge in [0.05, 0.1) is 12.1 Å². The molecule has 2 rings (SSSR count). The number of carbonyl (C=O) groups excluding carboxylic acids is 1. The molecule has 1 saturated carbocycles. The van der Waals surface area contributed by atoms with E-state index in [9.17, 15) is 9.59 Å². The van der Waals surface area contributed by atoms with Crippen LogP contribution in [0.1, 0.15) is 50.5 Å². The van der Waals surface area contributed by atoms with E-state index in [1.54, 1.807) is 0 Å². The van der Waals surface area contributed by atoms with Crippen molar-refractivity contribution in [3.05, 3.63) is 26.6 Å². The average Bonchev–Trinajstić information content (AvgIpc) is 2.56. The van der Waals surface area contributed by atoms with Gasteiger partial charge in [0.15, 0.2) is 0 Å². The molecule has 5 nitrogen and oxygen atoms in total. The lowest BCUT2D eigenvalue weighted by Crippen LogP contribution is -2.33. The van der Waals surface area contributed by atoms with Gasteiger partial charge in [0, 0.05) is 28.0 Å². The van der Waals surface area contributed by atoms with Crippen molar-refractivity contribution in [1.29, 1.82) is 0 Å². The summed E-state index contributed by atoms with van der Waals surface area (Å²) in [7, 11) is 2.13. The third-order valence-electron chi connectivity index (χ3n) is 4.58. The number of rotatable bonds is 7. The molecule has 1 amide bonds. The SMILES string of the molecule is CN(Cc1cc(Br)cc(Br)c1NC(=O)CCC(=O)O)C1CCCCC1. The number of nitrogens with zero attached hydrogens (tertiary/aromatic N) is 1. The minimum absolute atomic E-state index is 0.0320. The minimum Gasteiger partial charge on any atom is -0.481 e. The third kappa shape index (κ3) is 6.38. The summed E-state index contributed by atoms with van der Waals surface area (Å²) in [6, 6.07) is 4.47. The fourth-order valence-electron chi connectivity index (χ4n) is 3.23. The van der Waals surface area contributed by atoms with Crippen LogP contribution in [-0.4, -0.2) is 35.0 Å². The Balaban J connectivity index is 2.12. The fourth-order valence-corrected chi connectivity index (χ4v) is 4.65. The first-order chi connectivity index (χ1) is 11.9. The summed E-state index contributed by atoms with van der Waals surface area (Å²) in [5.41, 5.74) is 1.74. The Morgan fingerprint density at radius 1 is 1.20 bits per heavy atom. The van der Waals surface area contributed by atoms with Crippen LogP contribution in [0, 0.1) is 0 Å². The van der Waals surface area contributed by atoms with Crippen molar-refractivity contribution in [2.24, 2.45) is 0 Å². The van der Waals surface area contributed by atoms with Gasteiger partial charge in [-0.3, -0.25) is 14.5 Å². The van der Waals surface area contributed by atoms with Crippen LogP contribution in [0.15, 0.2) is 21.1 Å². The normalized spacial score (nSPS) is 15.4. The molecule has 0 heterocycles. The highest BCUT2D eigenvalue weighted by Gasteiger charge is 2.20. The zero-order chi connectivity index (χ0) is 18.4. The molecule has 0 bridgehead atoms. The molecule has 138 valence electrons. The molecule has 1 aliphatic carbocycles. The van der Waals surface area contributed by atoms with Crippen LogP contribution < -0.4 is 5.32 Å². The summed E-state index contributed by atoms with van der Waals surface area (Å²) in [6.07, 6.45) is 6.09. The first kappa shape index (κ1) is 20.4. The number of hydrogen-bond acceptors (Lipinski definition) is 3. The molecular weight excluding hydrogens is 452 g/mol. The Hall–Kier alpha value is -0.920. The third-order valence-corrected chi connectivity index (χ3v) is 5.67. The second-order valence-corrected chi connectivity index (χ2v) is 8.34. The quantitative estimate of drug-likeness (QED) is 0.595. The lowest BCUT2D eigenvalue weighted by Gasteiger charge is -2.32. The van der Waals surface area contributed by atoms with Gasteiger partial charge in [0.2, 0.25) is 5.91 Å². The highest BCUT2D eigenvalue weighted by Crippen LogP contribution is 2.33. The molecule has 0 spiro atoms. The van der Waals surface area contributed by atoms with Crippen molar-refractivity contribution < 1.29 is 14.7 Å². The first-order valence-corrected chi connectivity index (χ1v) is 10.1. The lowest BCUT2D eigenvalue weighted by atomic mass is 9.94. The van der Waals surface area contributed by atoms with Gasteiger partial charge in [-0.05, 0) is 53.5 Å². The second kappa shape index (κ2) is 9.69. The number of aliphatic carboxylic acids is 1. The van der Waals surface area contributed by atoms with Crippen LogP contribution >= 0.6 is 31.9 Å². The number of anilines is 1. The molecule has 0 aromatic heterocycles. The molecule has 0 unspecified atom stereocenters. The van der Waals surface area contributed by atoms with E-state index in [1.165, 1.54) is 32.1 Å². The van der Waals surface area contributed by atoms with E-state index in [0.717, 1.165) is 26.7 Å². The highest BCUT2D eigenvalue weighted by molar-refractivity contribution is 9.11. The predicted octanol–water partition coefficient (Wildman–Crippen LogP) is 4.78. The van der Waals surface area contributed by atoms with E-state index in [4.69, 9.17) is 5.11 Å². The summed E-state index contributed by atoms with van der Waals surface area (Å²) < 4.78 is 1.73. The topological polar surface area (TPSA) is 69.6 Å². The minimum atomic E-state index is -0.970. The molecule has 2 N–H and O–H groups in total. The number of carbonyl (C=O) groups is 2. The van der Waals surface area contributed by atoms with Crippen LogP contribution in [0.3, 0.4) is 0 Å². The van der Waals surface area contributed by atoms with Crippen molar-refractivity contribution in [3.63, 3.8) is 0 Å². The number of carboxylic acid groups (broad SMARTS) is 1. The number of carboxylic acids is 1. The second-order valence-electron chi connectivity index (χ2n) is 6.57. The van der Waals surface area contributed by atoms with Gasteiger partial charge >= 0.3 is 5.97 Å². The van der Waals surface area contributed by atoms with Crippen LogP contribution in [0.2, 0.25) is 0 Å². The fraction of sp³-hybridized carbons (Fsp3) is 0.556. The largest absolute Gasteiger partial charge is 0.481 e. The molecule has 1 aromatic rings. The van der Waals surface area contributed by atoms with E-state index in [-0.39, 0.29) is 18.7 Å². The molecule has 0 saturated heterocycles. The van der Waals surface area contributed by atoms with Gasteiger partial charge in [0.1, 0.15) is 0 Å². The van der Waals surface area contributed by atoms with Crippen molar-refractivity contribution in [1.82, 2.24) is 4.90 Å². The standard InChI is InChI=1S/C18H24Br2N2O3/c1-22(14-5-3-2-4-6-14)11-12-9-13(19)10-15(20)18(12)21-16(23)7-8-17(24)25/h9-10,14H,2-8,11H2,1H3,(H,21,23)(H,24,25). The van der Waals surface area contributed by atoms with E-state index in [2.05, 4.69) is 49.1 Å². The molecule has 25 heavy (non-hydrogen) atoms. The molecular formula is C18H24Br2N2O3. The van der Waals surface area contributed by atoms with Crippen LogP contribution in [0.4, 0.5) is 5.69 Å². The predicted molar refractivity (Wildman–Crippen MR) is 106 cm³/mol. The smallest absolute Gasteiger partial charge is 0.303 e. The van der Waals surface area contributed by atoms with Crippen molar-refractivity contribution >= 4 is 49.4 Å². The summed E-state index contributed by atoms with van der Waals surface area (Å²) in [5, 5.41) is 11.6. The number of amides is 1. The van der Waals surface area contributed by atoms with Gasteiger partial charge < -0.3 is 10.4 Å². The van der Waals surface area contributed by atoms with Crippen LogP contribution in [-0.2, 0) is 16.1 Å². The van der Waals surface area contributed by atoms with Crippen molar-refractivity contribution in [3.8, 4) is 0 Å². The number of hydrogen-bond donors (Lipinski definition) is 2. The number of benzene rings is 1. The Bertz CT molecular complexity index is 631. The van der Waals surface area contributed by atoms with E-state index in [1.807, 2.05) is 12.1 Å². The zero-order valence-electron chi connectivity index (χ0n) is 14.4. The van der Waals surface area contributed by atoms with Gasteiger partial charge in [-0.2, -0.15) is 0 Å². The molecule has 1 aromatic carbocycles. The number of halogens is 2. The summed E-state index contributed by atoms with van der Waals surface area (Å²) >= 11 is 7.02. The van der Waals surface area contributed by atoms with E-state index >= 15 is 0 Å². The summed E-state index contributed by atoms with van der Waals surface area (Å²) in [4.78, 5) is 25.1. The Labute approximate surface area is 165 Å².